The number of aryl methyl sites for hydroxylation is 2. The molecule has 3 rings (SSSR count). The van der Waals surface area contributed by atoms with E-state index in [-0.39, 0.29) is 30.8 Å². The lowest BCUT2D eigenvalue weighted by Gasteiger charge is -2.41. The zero-order valence-corrected chi connectivity index (χ0v) is 15.9. The van der Waals surface area contributed by atoms with Crippen molar-refractivity contribution in [3.05, 3.63) is 47.3 Å². The van der Waals surface area contributed by atoms with Crippen molar-refractivity contribution < 1.29 is 23.2 Å². The maximum atomic E-state index is 12.9. The minimum absolute atomic E-state index is 0.128. The molecule has 144 valence electrons. The van der Waals surface area contributed by atoms with Gasteiger partial charge in [-0.2, -0.15) is 0 Å². The summed E-state index contributed by atoms with van der Waals surface area (Å²) in [5.74, 6) is 0.541. The highest BCUT2D eigenvalue weighted by atomic mass is 16.3. The van der Waals surface area contributed by atoms with Gasteiger partial charge in [-0.15, -0.1) is 0 Å². The Bertz CT molecular complexity index is 866. The van der Waals surface area contributed by atoms with Crippen molar-refractivity contribution >= 4 is 17.7 Å². The monoisotopic (exact) mass is 373 g/mol. The number of hydrogen-bond donors (Lipinski definition) is 0. The normalized spacial score (nSPS) is 17.1. The second kappa shape index (κ2) is 7.30. The quantitative estimate of drug-likeness (QED) is 0.815. The zero-order chi connectivity index (χ0) is 19.7. The number of likely N-dealkylation sites (N-methyl/N-ethyl adjacent to an activating group) is 1. The van der Waals surface area contributed by atoms with Crippen LogP contribution in [0.4, 0.5) is 0 Å². The van der Waals surface area contributed by atoms with E-state index >= 15 is 0 Å². The molecule has 0 spiro atoms. The summed E-state index contributed by atoms with van der Waals surface area (Å²) >= 11 is 0. The molecule has 1 aliphatic rings. The van der Waals surface area contributed by atoms with Gasteiger partial charge in [0.1, 0.15) is 30.1 Å². The molecule has 1 aliphatic heterocycles. The molecule has 0 aliphatic carbocycles. The minimum atomic E-state index is -0.756. The molecule has 8 nitrogen and oxygen atoms in total. The summed E-state index contributed by atoms with van der Waals surface area (Å²) < 4.78 is 10.4. The number of carbonyl (C=O) groups excluding carboxylic acids is 3. The fourth-order valence-electron chi connectivity index (χ4n) is 3.18. The number of piperazine rings is 1. The first-order chi connectivity index (χ1) is 12.8. The summed E-state index contributed by atoms with van der Waals surface area (Å²) in [4.78, 5) is 42.8. The molecule has 8 heteroatoms. The lowest BCUT2D eigenvalue weighted by atomic mass is 10.1. The third-order valence-corrected chi connectivity index (χ3v) is 4.61. The van der Waals surface area contributed by atoms with Crippen LogP contribution in [0.1, 0.15) is 32.2 Å². The number of carbonyl (C=O) groups is 3. The average Bonchev–Trinajstić information content (AvgIpc) is 3.27. The van der Waals surface area contributed by atoms with Gasteiger partial charge in [0.15, 0.2) is 0 Å². The molecule has 0 radical (unpaired) electrons. The first-order valence-corrected chi connectivity index (χ1v) is 8.69. The van der Waals surface area contributed by atoms with E-state index in [1.165, 1.54) is 22.3 Å². The Labute approximate surface area is 157 Å². The Morgan fingerprint density at radius 1 is 0.963 bits per heavy atom. The number of rotatable bonds is 3. The summed E-state index contributed by atoms with van der Waals surface area (Å²) in [5.41, 5.74) is 0.836. The largest absolute Gasteiger partial charge is 0.469 e. The van der Waals surface area contributed by atoms with Crippen molar-refractivity contribution in [2.45, 2.75) is 19.9 Å². The molecule has 3 heterocycles. The van der Waals surface area contributed by atoms with Gasteiger partial charge in [-0.25, -0.2) is 0 Å². The molecule has 0 bridgehead atoms. The van der Waals surface area contributed by atoms with Crippen LogP contribution in [0.2, 0.25) is 0 Å². The fourth-order valence-corrected chi connectivity index (χ4v) is 3.18. The molecule has 1 atom stereocenters. The molecule has 27 heavy (non-hydrogen) atoms. The van der Waals surface area contributed by atoms with Gasteiger partial charge in [-0.1, -0.05) is 0 Å². The van der Waals surface area contributed by atoms with Crippen LogP contribution in [0.5, 0.6) is 0 Å². The van der Waals surface area contributed by atoms with Gasteiger partial charge in [-0.3, -0.25) is 14.4 Å². The van der Waals surface area contributed by atoms with E-state index in [4.69, 9.17) is 8.83 Å². The van der Waals surface area contributed by atoms with Crippen LogP contribution in [0.3, 0.4) is 0 Å². The molecule has 2 aromatic rings. The van der Waals surface area contributed by atoms with Gasteiger partial charge in [0, 0.05) is 27.2 Å². The van der Waals surface area contributed by atoms with Crippen LogP contribution in [-0.2, 0) is 4.79 Å². The van der Waals surface area contributed by atoms with Crippen molar-refractivity contribution in [1.82, 2.24) is 14.7 Å². The highest BCUT2D eigenvalue weighted by Gasteiger charge is 2.38. The molecule has 2 aromatic heterocycles. The van der Waals surface area contributed by atoms with Crippen molar-refractivity contribution in [2.75, 3.05) is 33.7 Å². The van der Waals surface area contributed by atoms with Crippen LogP contribution >= 0.6 is 0 Å². The van der Waals surface area contributed by atoms with E-state index in [0.717, 1.165) is 0 Å². The predicted molar refractivity (Wildman–Crippen MR) is 96.3 cm³/mol. The lowest BCUT2D eigenvalue weighted by molar-refractivity contribution is -0.135. The maximum Gasteiger partial charge on any atom is 0.257 e. The Morgan fingerprint density at radius 2 is 1.52 bits per heavy atom. The molecule has 1 saturated heterocycles. The topological polar surface area (TPSA) is 87.2 Å². The van der Waals surface area contributed by atoms with Crippen LogP contribution in [0, 0.1) is 13.8 Å². The van der Waals surface area contributed by atoms with Crippen LogP contribution in [-0.4, -0.2) is 72.2 Å². The summed E-state index contributed by atoms with van der Waals surface area (Å²) in [7, 11) is 3.26. The standard InChI is InChI=1S/C19H23N3O5/c1-12-7-14(10-26-12)17(23)21-5-6-22(16(9-21)19(25)20(3)4)18(24)15-8-13(2)27-11-15/h7-8,10-11,16H,5-6,9H2,1-4H3. The van der Waals surface area contributed by atoms with Crippen molar-refractivity contribution in [1.29, 1.82) is 0 Å². The predicted octanol–water partition coefficient (Wildman–Crippen LogP) is 1.54. The molecular formula is C19H23N3O5. The van der Waals surface area contributed by atoms with E-state index in [2.05, 4.69) is 0 Å². The van der Waals surface area contributed by atoms with Gasteiger partial charge in [0.05, 0.1) is 17.7 Å². The van der Waals surface area contributed by atoms with E-state index < -0.39 is 6.04 Å². The van der Waals surface area contributed by atoms with Crippen LogP contribution in [0.15, 0.2) is 33.5 Å². The van der Waals surface area contributed by atoms with Gasteiger partial charge >= 0.3 is 0 Å². The molecule has 0 saturated carbocycles. The minimum Gasteiger partial charge on any atom is -0.469 e. The lowest BCUT2D eigenvalue weighted by Crippen LogP contribution is -2.61. The number of amides is 3. The van der Waals surface area contributed by atoms with E-state index in [1.807, 2.05) is 0 Å². The molecule has 0 aromatic carbocycles. The third-order valence-electron chi connectivity index (χ3n) is 4.61. The van der Waals surface area contributed by atoms with Gasteiger partial charge in [0.25, 0.3) is 11.8 Å². The van der Waals surface area contributed by atoms with Crippen molar-refractivity contribution in [3.8, 4) is 0 Å². The first kappa shape index (κ1) is 18.8. The molecule has 0 N–H and O–H groups in total. The molecule has 1 unspecified atom stereocenters. The van der Waals surface area contributed by atoms with Crippen molar-refractivity contribution in [2.24, 2.45) is 0 Å². The fraction of sp³-hybridized carbons (Fsp3) is 0.421. The first-order valence-electron chi connectivity index (χ1n) is 8.69. The number of hydrogen-bond acceptors (Lipinski definition) is 5. The van der Waals surface area contributed by atoms with Crippen LogP contribution in [0.25, 0.3) is 0 Å². The Hall–Kier alpha value is -3.03. The SMILES string of the molecule is Cc1cc(C(=O)N2CCN(C(=O)c3coc(C)c3)C(C(=O)N(C)C)C2)co1. The second-order valence-corrected chi connectivity index (χ2v) is 6.89. The maximum absolute atomic E-state index is 12.9. The zero-order valence-electron chi connectivity index (χ0n) is 15.9. The second-order valence-electron chi connectivity index (χ2n) is 6.89. The van der Waals surface area contributed by atoms with Crippen LogP contribution < -0.4 is 0 Å². The Kier molecular flexibility index (Phi) is 5.07. The smallest absolute Gasteiger partial charge is 0.257 e. The third kappa shape index (κ3) is 3.74. The molecular weight excluding hydrogens is 350 g/mol. The van der Waals surface area contributed by atoms with E-state index in [9.17, 15) is 14.4 Å². The molecule has 1 fully saturated rings. The van der Waals surface area contributed by atoms with Crippen molar-refractivity contribution in [3.63, 3.8) is 0 Å². The summed E-state index contributed by atoms with van der Waals surface area (Å²) in [6.07, 6.45) is 2.80. The number of furan rings is 2. The molecule has 3 amide bonds. The Morgan fingerprint density at radius 3 is 2.00 bits per heavy atom. The van der Waals surface area contributed by atoms with Gasteiger partial charge in [-0.05, 0) is 26.0 Å². The van der Waals surface area contributed by atoms with Gasteiger partial charge < -0.3 is 23.5 Å². The highest BCUT2D eigenvalue weighted by molar-refractivity contribution is 5.99. The van der Waals surface area contributed by atoms with E-state index in [0.29, 0.717) is 29.2 Å². The number of nitrogens with zero attached hydrogens (tertiary/aromatic N) is 3. The average molecular weight is 373 g/mol. The summed E-state index contributed by atoms with van der Waals surface area (Å²) in [5, 5.41) is 0. The Balaban J connectivity index is 1.83. The highest BCUT2D eigenvalue weighted by Crippen LogP contribution is 2.19. The van der Waals surface area contributed by atoms with Gasteiger partial charge in [0.2, 0.25) is 5.91 Å². The van der Waals surface area contributed by atoms with E-state index in [1.54, 1.807) is 45.0 Å². The summed E-state index contributed by atoms with van der Waals surface area (Å²) in [6, 6.07) is 2.55. The summed E-state index contributed by atoms with van der Waals surface area (Å²) in [6.45, 7) is 4.24.